The van der Waals surface area contributed by atoms with Crippen LogP contribution < -0.4 is 16.1 Å². The third kappa shape index (κ3) is 3.91. The predicted octanol–water partition coefficient (Wildman–Crippen LogP) is 4.19. The van der Waals surface area contributed by atoms with Gasteiger partial charge in [-0.25, -0.2) is 9.36 Å². The molecular weight excluding hydrogens is 422 g/mol. The summed E-state index contributed by atoms with van der Waals surface area (Å²) in [6.45, 7) is 8.04. The molecule has 4 aromatic rings. The van der Waals surface area contributed by atoms with Crippen LogP contribution in [0.3, 0.4) is 0 Å². The first-order chi connectivity index (χ1) is 15.3. The average Bonchev–Trinajstić information content (AvgIpc) is 3.21. The summed E-state index contributed by atoms with van der Waals surface area (Å²) in [5.74, 6) is -0.210. The van der Waals surface area contributed by atoms with Crippen LogP contribution in [-0.2, 0) is 11.3 Å². The van der Waals surface area contributed by atoms with Crippen LogP contribution in [0.1, 0.15) is 23.6 Å². The first-order valence-electron chi connectivity index (χ1n) is 10.5. The molecule has 2 aromatic heterocycles. The minimum absolute atomic E-state index is 0.154. The zero-order valence-electron chi connectivity index (χ0n) is 18.6. The number of aromatic nitrogens is 2. The van der Waals surface area contributed by atoms with E-state index in [2.05, 4.69) is 0 Å². The van der Waals surface area contributed by atoms with Crippen LogP contribution in [-0.4, -0.2) is 21.6 Å². The molecule has 0 saturated heterocycles. The Morgan fingerprint density at radius 3 is 2.34 bits per heavy atom. The number of amides is 1. The molecule has 4 rings (SSSR count). The van der Waals surface area contributed by atoms with Crippen LogP contribution in [0.4, 0.5) is 5.69 Å². The van der Waals surface area contributed by atoms with Crippen LogP contribution >= 0.6 is 11.3 Å². The summed E-state index contributed by atoms with van der Waals surface area (Å²) in [5.41, 5.74) is 3.87. The molecule has 2 aromatic carbocycles. The van der Waals surface area contributed by atoms with E-state index in [1.165, 1.54) is 20.5 Å². The van der Waals surface area contributed by atoms with Gasteiger partial charge in [0.15, 0.2) is 0 Å². The van der Waals surface area contributed by atoms with Crippen LogP contribution in [0, 0.1) is 20.8 Å². The summed E-state index contributed by atoms with van der Waals surface area (Å²) in [4.78, 5) is 41.7. The fourth-order valence-corrected chi connectivity index (χ4v) is 4.89. The van der Waals surface area contributed by atoms with Crippen molar-refractivity contribution < 1.29 is 4.79 Å². The molecule has 0 spiro atoms. The van der Waals surface area contributed by atoms with E-state index in [9.17, 15) is 14.4 Å². The minimum atomic E-state index is -0.514. The van der Waals surface area contributed by atoms with Gasteiger partial charge in [-0.1, -0.05) is 18.2 Å². The minimum Gasteiger partial charge on any atom is -0.311 e. The Bertz CT molecular complexity index is 1420. The lowest BCUT2D eigenvalue weighted by atomic mass is 10.1. The summed E-state index contributed by atoms with van der Waals surface area (Å²) in [5, 5.41) is 1.77. The SMILES string of the molecule is CCN(C(=O)Cn1c(=O)n(-c2cc(C)cc(C)c2)c(=O)c2sccc21)c1cccc(C)c1. The van der Waals surface area contributed by atoms with Gasteiger partial charge >= 0.3 is 5.69 Å². The van der Waals surface area contributed by atoms with Crippen LogP contribution in [0.15, 0.2) is 63.5 Å². The first kappa shape index (κ1) is 21.8. The number of aryl methyl sites for hydroxylation is 3. The summed E-state index contributed by atoms with van der Waals surface area (Å²) in [6.07, 6.45) is 0. The zero-order chi connectivity index (χ0) is 23.0. The third-order valence-corrected chi connectivity index (χ3v) is 6.34. The highest BCUT2D eigenvalue weighted by molar-refractivity contribution is 7.17. The Hall–Kier alpha value is -3.45. The third-order valence-electron chi connectivity index (χ3n) is 5.44. The molecule has 0 unspecified atom stereocenters. The van der Waals surface area contributed by atoms with Crippen molar-refractivity contribution in [3.63, 3.8) is 0 Å². The lowest BCUT2D eigenvalue weighted by Crippen LogP contribution is -2.42. The van der Waals surface area contributed by atoms with Gasteiger partial charge < -0.3 is 4.90 Å². The van der Waals surface area contributed by atoms with E-state index in [0.29, 0.717) is 22.4 Å². The van der Waals surface area contributed by atoms with Crippen molar-refractivity contribution in [3.05, 3.63) is 91.4 Å². The molecule has 0 aliphatic carbocycles. The van der Waals surface area contributed by atoms with Gasteiger partial charge in [-0.2, -0.15) is 0 Å². The van der Waals surface area contributed by atoms with Crippen molar-refractivity contribution in [3.8, 4) is 5.69 Å². The van der Waals surface area contributed by atoms with E-state index in [0.717, 1.165) is 22.4 Å². The maximum atomic E-state index is 13.5. The number of thiophene rings is 1. The predicted molar refractivity (Wildman–Crippen MR) is 130 cm³/mol. The Labute approximate surface area is 190 Å². The quantitative estimate of drug-likeness (QED) is 0.461. The smallest absolute Gasteiger partial charge is 0.311 e. The molecular formula is C25H25N3O3S. The molecule has 0 atom stereocenters. The number of likely N-dealkylation sites (N-methyl/N-ethyl adjacent to an activating group) is 1. The molecule has 32 heavy (non-hydrogen) atoms. The molecule has 0 aliphatic heterocycles. The molecule has 0 radical (unpaired) electrons. The van der Waals surface area contributed by atoms with Crippen molar-refractivity contribution in [2.24, 2.45) is 0 Å². The Morgan fingerprint density at radius 1 is 0.969 bits per heavy atom. The second-order valence-electron chi connectivity index (χ2n) is 7.97. The number of carbonyl (C=O) groups is 1. The standard InChI is InChI=1S/C25H25N3O3S/c1-5-26(19-8-6-7-16(2)12-19)22(29)15-27-21-9-10-32-23(21)24(30)28(25(27)31)20-13-17(3)11-18(4)14-20/h6-14H,5,15H2,1-4H3. The summed E-state index contributed by atoms with van der Waals surface area (Å²) >= 11 is 1.28. The van der Waals surface area contributed by atoms with Gasteiger partial charge in [0.25, 0.3) is 5.56 Å². The average molecular weight is 448 g/mol. The molecule has 1 amide bonds. The Balaban J connectivity index is 1.86. The van der Waals surface area contributed by atoms with Gasteiger partial charge in [-0.05, 0) is 80.1 Å². The Morgan fingerprint density at radius 2 is 1.69 bits per heavy atom. The second-order valence-corrected chi connectivity index (χ2v) is 8.88. The van der Waals surface area contributed by atoms with Crippen LogP contribution in [0.2, 0.25) is 0 Å². The number of nitrogens with zero attached hydrogens (tertiary/aromatic N) is 3. The van der Waals surface area contributed by atoms with Crippen molar-refractivity contribution in [2.45, 2.75) is 34.2 Å². The number of carbonyl (C=O) groups excluding carboxylic acids is 1. The summed E-state index contributed by atoms with van der Waals surface area (Å²) in [7, 11) is 0. The maximum absolute atomic E-state index is 13.5. The van der Waals surface area contributed by atoms with E-state index in [1.807, 2.05) is 70.2 Å². The van der Waals surface area contributed by atoms with Crippen LogP contribution in [0.5, 0.6) is 0 Å². The Kier molecular flexibility index (Phi) is 5.84. The molecule has 0 bridgehead atoms. The molecule has 7 heteroatoms. The highest BCUT2D eigenvalue weighted by atomic mass is 32.1. The molecule has 0 aliphatic rings. The van der Waals surface area contributed by atoms with Gasteiger partial charge in [-0.15, -0.1) is 11.3 Å². The van der Waals surface area contributed by atoms with E-state index in [-0.39, 0.29) is 18.0 Å². The van der Waals surface area contributed by atoms with Crippen molar-refractivity contribution >= 4 is 33.1 Å². The fourth-order valence-electron chi connectivity index (χ4n) is 4.07. The van der Waals surface area contributed by atoms with Gasteiger partial charge in [0.05, 0.1) is 11.2 Å². The number of hydrogen-bond donors (Lipinski definition) is 0. The first-order valence-corrected chi connectivity index (χ1v) is 11.4. The van der Waals surface area contributed by atoms with Gasteiger partial charge in [0.1, 0.15) is 11.2 Å². The molecule has 2 heterocycles. The van der Waals surface area contributed by atoms with Gasteiger partial charge in [0, 0.05) is 12.2 Å². The van der Waals surface area contributed by atoms with E-state index in [4.69, 9.17) is 0 Å². The monoisotopic (exact) mass is 447 g/mol. The summed E-state index contributed by atoms with van der Waals surface area (Å²) in [6, 6.07) is 15.0. The lowest BCUT2D eigenvalue weighted by molar-refractivity contribution is -0.119. The number of hydrogen-bond acceptors (Lipinski definition) is 4. The highest BCUT2D eigenvalue weighted by Crippen LogP contribution is 2.20. The zero-order valence-corrected chi connectivity index (χ0v) is 19.4. The number of rotatable bonds is 5. The van der Waals surface area contributed by atoms with Gasteiger partial charge in [0.2, 0.25) is 5.91 Å². The molecule has 0 fully saturated rings. The fraction of sp³-hybridized carbons (Fsp3) is 0.240. The molecule has 0 saturated carbocycles. The molecule has 6 nitrogen and oxygen atoms in total. The topological polar surface area (TPSA) is 64.3 Å². The van der Waals surface area contributed by atoms with E-state index < -0.39 is 5.69 Å². The van der Waals surface area contributed by atoms with E-state index >= 15 is 0 Å². The number of anilines is 1. The van der Waals surface area contributed by atoms with Crippen LogP contribution in [0.25, 0.3) is 15.9 Å². The number of fused-ring (bicyclic) bond motifs is 1. The normalized spacial score (nSPS) is 11.1. The second kappa shape index (κ2) is 8.59. The number of benzene rings is 2. The lowest BCUT2D eigenvalue weighted by Gasteiger charge is -2.22. The molecule has 0 N–H and O–H groups in total. The molecule has 164 valence electrons. The van der Waals surface area contributed by atoms with Crippen molar-refractivity contribution in [1.82, 2.24) is 9.13 Å². The van der Waals surface area contributed by atoms with Gasteiger partial charge in [-0.3, -0.25) is 14.2 Å². The van der Waals surface area contributed by atoms with Crippen molar-refractivity contribution in [2.75, 3.05) is 11.4 Å². The largest absolute Gasteiger partial charge is 0.336 e. The maximum Gasteiger partial charge on any atom is 0.336 e. The highest BCUT2D eigenvalue weighted by Gasteiger charge is 2.21. The van der Waals surface area contributed by atoms with E-state index in [1.54, 1.807) is 16.3 Å². The summed E-state index contributed by atoms with van der Waals surface area (Å²) < 4.78 is 3.04. The van der Waals surface area contributed by atoms with Crippen molar-refractivity contribution in [1.29, 1.82) is 0 Å².